The highest BCUT2D eigenvalue weighted by Crippen LogP contribution is 2.66. The van der Waals surface area contributed by atoms with Crippen LogP contribution in [0.1, 0.15) is 65.7 Å². The quantitative estimate of drug-likeness (QED) is 0.377. The van der Waals surface area contributed by atoms with Gasteiger partial charge in [-0.05, 0) is 52.4 Å². The second-order valence-corrected chi connectivity index (χ2v) is 10.4. The van der Waals surface area contributed by atoms with E-state index < -0.39 is 22.6 Å². The SMILES string of the molecule is CCCC(C)NC(=O)C1N(CCCCCO)C(=O)[C@@H]2[C@H](C(=O)OCC)[C@@H]3CCC12S3. The van der Waals surface area contributed by atoms with E-state index in [-0.39, 0.29) is 35.7 Å². The Labute approximate surface area is 183 Å². The lowest BCUT2D eigenvalue weighted by atomic mass is 9.71. The van der Waals surface area contributed by atoms with E-state index in [4.69, 9.17) is 9.84 Å². The van der Waals surface area contributed by atoms with Crippen molar-refractivity contribution in [1.29, 1.82) is 0 Å². The van der Waals surface area contributed by atoms with Gasteiger partial charge in [-0.2, -0.15) is 0 Å². The van der Waals surface area contributed by atoms with Crippen LogP contribution in [0.5, 0.6) is 0 Å². The van der Waals surface area contributed by atoms with Crippen molar-refractivity contribution in [3.05, 3.63) is 0 Å². The number of esters is 1. The van der Waals surface area contributed by atoms with Crippen molar-refractivity contribution in [2.24, 2.45) is 11.8 Å². The van der Waals surface area contributed by atoms with Crippen molar-refractivity contribution in [2.75, 3.05) is 19.8 Å². The summed E-state index contributed by atoms with van der Waals surface area (Å²) in [5.41, 5.74) is 0. The number of nitrogens with zero attached hydrogens (tertiary/aromatic N) is 1. The first kappa shape index (κ1) is 23.4. The summed E-state index contributed by atoms with van der Waals surface area (Å²) in [5.74, 6) is -1.39. The maximum Gasteiger partial charge on any atom is 0.310 e. The zero-order valence-electron chi connectivity index (χ0n) is 18.4. The molecule has 3 rings (SSSR count). The van der Waals surface area contributed by atoms with Gasteiger partial charge in [0.1, 0.15) is 6.04 Å². The number of unbranched alkanes of at least 4 members (excludes halogenated alkanes) is 2. The van der Waals surface area contributed by atoms with Crippen LogP contribution >= 0.6 is 11.8 Å². The Morgan fingerprint density at radius 3 is 2.77 bits per heavy atom. The minimum Gasteiger partial charge on any atom is -0.466 e. The Kier molecular flexibility index (Phi) is 7.71. The molecule has 6 atom stereocenters. The fourth-order valence-electron chi connectivity index (χ4n) is 5.60. The number of aliphatic hydroxyl groups is 1. The minimum atomic E-state index is -0.544. The Hall–Kier alpha value is -1.28. The predicted octanol–water partition coefficient (Wildman–Crippen LogP) is 2.11. The van der Waals surface area contributed by atoms with Crippen molar-refractivity contribution in [3.8, 4) is 0 Å². The van der Waals surface area contributed by atoms with Gasteiger partial charge in [-0.25, -0.2) is 0 Å². The van der Waals surface area contributed by atoms with Crippen LogP contribution in [0.15, 0.2) is 0 Å². The van der Waals surface area contributed by atoms with Gasteiger partial charge in [0.05, 0.1) is 23.2 Å². The van der Waals surface area contributed by atoms with Gasteiger partial charge < -0.3 is 20.1 Å². The topological polar surface area (TPSA) is 95.9 Å². The van der Waals surface area contributed by atoms with E-state index in [2.05, 4.69) is 12.2 Å². The van der Waals surface area contributed by atoms with E-state index in [9.17, 15) is 14.4 Å². The third-order valence-electron chi connectivity index (χ3n) is 6.77. The molecule has 3 aliphatic rings. The van der Waals surface area contributed by atoms with Crippen molar-refractivity contribution in [3.63, 3.8) is 0 Å². The summed E-state index contributed by atoms with van der Waals surface area (Å²) in [4.78, 5) is 41.4. The van der Waals surface area contributed by atoms with Crippen molar-refractivity contribution < 1.29 is 24.2 Å². The molecule has 1 spiro atoms. The van der Waals surface area contributed by atoms with Gasteiger partial charge in [0.25, 0.3) is 0 Å². The van der Waals surface area contributed by atoms with Crippen LogP contribution in [-0.2, 0) is 19.1 Å². The molecule has 0 aliphatic carbocycles. The van der Waals surface area contributed by atoms with E-state index in [1.54, 1.807) is 23.6 Å². The summed E-state index contributed by atoms with van der Waals surface area (Å²) in [7, 11) is 0. The van der Waals surface area contributed by atoms with Crippen molar-refractivity contribution in [2.45, 2.75) is 87.8 Å². The molecule has 3 aliphatic heterocycles. The highest BCUT2D eigenvalue weighted by Gasteiger charge is 2.73. The van der Waals surface area contributed by atoms with Gasteiger partial charge in [0.2, 0.25) is 11.8 Å². The summed E-state index contributed by atoms with van der Waals surface area (Å²) in [6.07, 6.45) is 5.71. The number of ether oxygens (including phenoxy) is 1. The molecule has 170 valence electrons. The number of aliphatic hydroxyl groups excluding tert-OH is 1. The number of fused-ring (bicyclic) bond motifs is 1. The second-order valence-electron chi connectivity index (χ2n) is 8.82. The molecular weight excluding hydrogens is 404 g/mol. The average molecular weight is 441 g/mol. The van der Waals surface area contributed by atoms with Crippen molar-refractivity contribution in [1.82, 2.24) is 10.2 Å². The number of hydrogen-bond donors (Lipinski definition) is 2. The summed E-state index contributed by atoms with van der Waals surface area (Å²) in [6.45, 7) is 6.77. The van der Waals surface area contributed by atoms with Gasteiger partial charge in [-0.15, -0.1) is 11.8 Å². The molecule has 0 aromatic carbocycles. The maximum atomic E-state index is 13.6. The number of carbonyl (C=O) groups is 3. The van der Waals surface area contributed by atoms with Gasteiger partial charge in [0.15, 0.2) is 0 Å². The van der Waals surface area contributed by atoms with E-state index in [0.717, 1.165) is 38.5 Å². The number of likely N-dealkylation sites (tertiary alicyclic amines) is 1. The summed E-state index contributed by atoms with van der Waals surface area (Å²) < 4.78 is 4.79. The van der Waals surface area contributed by atoms with E-state index in [0.29, 0.717) is 19.6 Å². The summed E-state index contributed by atoms with van der Waals surface area (Å²) in [6, 6.07) is -0.494. The normalized spacial score (nSPS) is 32.9. The predicted molar refractivity (Wildman–Crippen MR) is 116 cm³/mol. The molecule has 0 aromatic rings. The van der Waals surface area contributed by atoms with Crippen LogP contribution in [0, 0.1) is 11.8 Å². The molecule has 2 amide bonds. The monoisotopic (exact) mass is 440 g/mol. The summed E-state index contributed by atoms with van der Waals surface area (Å²) >= 11 is 1.68. The number of hydrogen-bond acceptors (Lipinski definition) is 6. The summed E-state index contributed by atoms with van der Waals surface area (Å²) in [5, 5.41) is 12.2. The first-order valence-corrected chi connectivity index (χ1v) is 12.3. The first-order valence-electron chi connectivity index (χ1n) is 11.5. The number of carbonyl (C=O) groups excluding carboxylic acids is 3. The molecule has 7 nitrogen and oxygen atoms in total. The van der Waals surface area contributed by atoms with Crippen LogP contribution in [0.4, 0.5) is 0 Å². The van der Waals surface area contributed by atoms with Crippen molar-refractivity contribution >= 4 is 29.5 Å². The minimum absolute atomic E-state index is 0.0498. The Balaban J connectivity index is 1.87. The van der Waals surface area contributed by atoms with Crippen LogP contribution < -0.4 is 5.32 Å². The van der Waals surface area contributed by atoms with Gasteiger partial charge >= 0.3 is 5.97 Å². The molecule has 2 N–H and O–H groups in total. The van der Waals surface area contributed by atoms with Gasteiger partial charge in [-0.3, -0.25) is 14.4 Å². The standard InChI is InChI=1S/C22H36N2O5S/c1-4-9-14(3)23-19(26)18-22-11-10-15(30-22)16(21(28)29-5-2)17(22)20(27)24(18)12-7-6-8-13-25/h14-18,25H,4-13H2,1-3H3,(H,23,26)/t14?,15-,16+,17-,18?,22?/m0/s1. The van der Waals surface area contributed by atoms with Crippen LogP contribution in [-0.4, -0.2) is 69.6 Å². The zero-order valence-corrected chi connectivity index (χ0v) is 19.2. The Morgan fingerprint density at radius 1 is 1.33 bits per heavy atom. The fraction of sp³-hybridized carbons (Fsp3) is 0.864. The molecule has 0 aromatic heterocycles. The molecule has 0 saturated carbocycles. The Bertz CT molecular complexity index is 659. The van der Waals surface area contributed by atoms with Crippen LogP contribution in [0.2, 0.25) is 0 Å². The Morgan fingerprint density at radius 2 is 2.10 bits per heavy atom. The molecule has 30 heavy (non-hydrogen) atoms. The van der Waals surface area contributed by atoms with Crippen LogP contribution in [0.25, 0.3) is 0 Å². The number of amides is 2. The third-order valence-corrected chi connectivity index (χ3v) is 8.73. The number of rotatable bonds is 11. The average Bonchev–Trinajstić information content (AvgIpc) is 3.33. The highest BCUT2D eigenvalue weighted by molar-refractivity contribution is 8.02. The fourth-order valence-corrected chi connectivity index (χ4v) is 7.81. The molecule has 3 unspecified atom stereocenters. The molecular formula is C22H36N2O5S. The number of nitrogens with one attached hydrogen (secondary N) is 1. The molecule has 2 bridgehead atoms. The zero-order chi connectivity index (χ0) is 21.9. The van der Waals surface area contributed by atoms with E-state index in [1.807, 2.05) is 6.92 Å². The van der Waals surface area contributed by atoms with E-state index >= 15 is 0 Å². The molecule has 8 heteroatoms. The lowest BCUT2D eigenvalue weighted by molar-refractivity contribution is -0.153. The largest absolute Gasteiger partial charge is 0.466 e. The molecule has 0 radical (unpaired) electrons. The molecule has 3 heterocycles. The molecule has 3 saturated heterocycles. The van der Waals surface area contributed by atoms with Gasteiger partial charge in [-0.1, -0.05) is 13.3 Å². The lowest BCUT2D eigenvalue weighted by Crippen LogP contribution is -2.55. The van der Waals surface area contributed by atoms with E-state index in [1.165, 1.54) is 0 Å². The lowest BCUT2D eigenvalue weighted by Gasteiger charge is -2.34. The van der Waals surface area contributed by atoms with Crippen LogP contribution in [0.3, 0.4) is 0 Å². The third kappa shape index (κ3) is 4.09. The van der Waals surface area contributed by atoms with Gasteiger partial charge in [0, 0.05) is 24.4 Å². The second kappa shape index (κ2) is 9.90. The first-order chi connectivity index (χ1) is 14.4. The highest BCUT2D eigenvalue weighted by atomic mass is 32.2. The maximum absolute atomic E-state index is 13.6. The smallest absolute Gasteiger partial charge is 0.310 e. The number of thioether (sulfide) groups is 1. The molecule has 3 fully saturated rings.